The van der Waals surface area contributed by atoms with E-state index in [4.69, 9.17) is 5.73 Å². The first-order chi connectivity index (χ1) is 9.55. The molecule has 0 saturated heterocycles. The molecule has 0 aliphatic carbocycles. The van der Waals surface area contributed by atoms with Gasteiger partial charge in [0.05, 0.1) is 5.69 Å². The van der Waals surface area contributed by atoms with Crippen LogP contribution in [0.15, 0.2) is 24.3 Å². The summed E-state index contributed by atoms with van der Waals surface area (Å²) in [6.45, 7) is 6.76. The molecule has 0 radical (unpaired) electrons. The maximum atomic E-state index is 13.3. The average molecular weight is 275 g/mol. The predicted molar refractivity (Wildman–Crippen MR) is 79.0 cm³/mol. The summed E-state index contributed by atoms with van der Waals surface area (Å²) in [6, 6.07) is 7.05. The summed E-state index contributed by atoms with van der Waals surface area (Å²) < 4.78 is 15.3. The Morgan fingerprint density at radius 2 is 2.05 bits per heavy atom. The van der Waals surface area contributed by atoms with Gasteiger partial charge in [-0.2, -0.15) is 5.10 Å². The summed E-state index contributed by atoms with van der Waals surface area (Å²) in [4.78, 5) is 0. The van der Waals surface area contributed by atoms with E-state index in [0.29, 0.717) is 12.0 Å². The van der Waals surface area contributed by atoms with Crippen LogP contribution < -0.4 is 5.73 Å². The van der Waals surface area contributed by atoms with Crippen LogP contribution in [0.2, 0.25) is 0 Å². The van der Waals surface area contributed by atoms with Crippen molar-refractivity contribution < 1.29 is 4.39 Å². The molecule has 0 aliphatic heterocycles. The highest BCUT2D eigenvalue weighted by atomic mass is 19.1. The number of halogens is 1. The van der Waals surface area contributed by atoms with Crippen LogP contribution in [0, 0.1) is 12.7 Å². The molecule has 0 fully saturated rings. The zero-order chi connectivity index (χ0) is 14.7. The zero-order valence-corrected chi connectivity index (χ0v) is 12.4. The fourth-order valence-corrected chi connectivity index (χ4v) is 2.37. The molecule has 4 heteroatoms. The molecule has 3 nitrogen and oxygen atoms in total. The minimum Gasteiger partial charge on any atom is -0.324 e. The number of aromatic nitrogens is 2. The van der Waals surface area contributed by atoms with Crippen molar-refractivity contribution in [2.24, 2.45) is 5.73 Å². The summed E-state index contributed by atoms with van der Waals surface area (Å²) in [5.41, 5.74) is 10.1. The normalized spacial score (nSPS) is 12.7. The molecule has 0 spiro atoms. The largest absolute Gasteiger partial charge is 0.324 e. The topological polar surface area (TPSA) is 43.8 Å². The molecule has 1 unspecified atom stereocenters. The highest BCUT2D eigenvalue weighted by molar-refractivity contribution is 5.27. The van der Waals surface area contributed by atoms with Gasteiger partial charge in [-0.05, 0) is 43.5 Å². The van der Waals surface area contributed by atoms with Gasteiger partial charge in [0.1, 0.15) is 5.82 Å². The van der Waals surface area contributed by atoms with Gasteiger partial charge in [-0.15, -0.1) is 0 Å². The number of hydrogen-bond acceptors (Lipinski definition) is 2. The lowest BCUT2D eigenvalue weighted by atomic mass is 10.0. The second-order valence-electron chi connectivity index (χ2n) is 5.12. The number of benzene rings is 1. The van der Waals surface area contributed by atoms with E-state index < -0.39 is 0 Å². The molecule has 0 aliphatic rings. The lowest BCUT2D eigenvalue weighted by molar-refractivity contribution is 0.583. The number of aryl methyl sites for hydroxylation is 3. The summed E-state index contributed by atoms with van der Waals surface area (Å²) in [6.07, 6.45) is 1.64. The average Bonchev–Trinajstić information content (AvgIpc) is 2.84. The van der Waals surface area contributed by atoms with Crippen LogP contribution in [0.25, 0.3) is 0 Å². The molecule has 1 aromatic carbocycles. The van der Waals surface area contributed by atoms with Gasteiger partial charge in [-0.25, -0.2) is 4.39 Å². The zero-order valence-electron chi connectivity index (χ0n) is 12.4. The van der Waals surface area contributed by atoms with E-state index in [1.807, 2.05) is 10.7 Å². The van der Waals surface area contributed by atoms with E-state index in [-0.39, 0.29) is 11.9 Å². The quantitative estimate of drug-likeness (QED) is 0.911. The Labute approximate surface area is 119 Å². The van der Waals surface area contributed by atoms with Gasteiger partial charge in [0.2, 0.25) is 0 Å². The Morgan fingerprint density at radius 3 is 2.65 bits per heavy atom. The lowest BCUT2D eigenvalue weighted by Crippen LogP contribution is -2.16. The molecule has 1 aromatic heterocycles. The van der Waals surface area contributed by atoms with Crippen molar-refractivity contribution in [2.75, 3.05) is 0 Å². The van der Waals surface area contributed by atoms with E-state index in [2.05, 4.69) is 25.0 Å². The van der Waals surface area contributed by atoms with Gasteiger partial charge in [-0.3, -0.25) is 4.68 Å². The Kier molecular flexibility index (Phi) is 4.55. The monoisotopic (exact) mass is 275 g/mol. The predicted octanol–water partition coefficient (Wildman–Crippen LogP) is 3.16. The molecule has 0 saturated carbocycles. The van der Waals surface area contributed by atoms with Gasteiger partial charge in [-0.1, -0.05) is 19.1 Å². The molecule has 1 atom stereocenters. The van der Waals surface area contributed by atoms with E-state index in [9.17, 15) is 4.39 Å². The van der Waals surface area contributed by atoms with Crippen LogP contribution in [0.1, 0.15) is 42.4 Å². The molecule has 2 rings (SSSR count). The van der Waals surface area contributed by atoms with Gasteiger partial charge in [0, 0.05) is 24.7 Å². The van der Waals surface area contributed by atoms with E-state index in [1.54, 1.807) is 13.0 Å². The second-order valence-corrected chi connectivity index (χ2v) is 5.12. The highest BCUT2D eigenvalue weighted by Gasteiger charge is 2.13. The van der Waals surface area contributed by atoms with Crippen molar-refractivity contribution >= 4 is 0 Å². The lowest BCUT2D eigenvalue weighted by Gasteiger charge is -2.14. The molecule has 2 N–H and O–H groups in total. The third-order valence-corrected chi connectivity index (χ3v) is 3.61. The van der Waals surface area contributed by atoms with Crippen molar-refractivity contribution in [3.8, 4) is 0 Å². The third kappa shape index (κ3) is 3.07. The molecular weight excluding hydrogens is 253 g/mol. The van der Waals surface area contributed by atoms with Crippen molar-refractivity contribution in [1.82, 2.24) is 9.78 Å². The van der Waals surface area contributed by atoms with Crippen LogP contribution >= 0.6 is 0 Å². The summed E-state index contributed by atoms with van der Waals surface area (Å²) in [7, 11) is 0. The van der Waals surface area contributed by atoms with E-state index in [1.165, 1.54) is 6.07 Å². The Bertz CT molecular complexity index is 589. The minimum absolute atomic E-state index is 0.138. The van der Waals surface area contributed by atoms with Crippen LogP contribution in [0.5, 0.6) is 0 Å². The SMILES string of the molecule is CCc1cc(CC(N)c2ccc(F)c(C)c2)n(CC)n1. The maximum absolute atomic E-state index is 13.3. The molecule has 108 valence electrons. The smallest absolute Gasteiger partial charge is 0.126 e. The summed E-state index contributed by atoms with van der Waals surface area (Å²) in [5.74, 6) is -0.187. The molecule has 20 heavy (non-hydrogen) atoms. The van der Waals surface area contributed by atoms with Gasteiger partial charge in [0.15, 0.2) is 0 Å². The van der Waals surface area contributed by atoms with Crippen LogP contribution in [0.4, 0.5) is 4.39 Å². The molecular formula is C16H22FN3. The molecule has 0 bridgehead atoms. The highest BCUT2D eigenvalue weighted by Crippen LogP contribution is 2.19. The molecule has 1 heterocycles. The first-order valence-electron chi connectivity index (χ1n) is 7.12. The van der Waals surface area contributed by atoms with Crippen molar-refractivity contribution in [1.29, 1.82) is 0 Å². The van der Waals surface area contributed by atoms with Gasteiger partial charge >= 0.3 is 0 Å². The number of nitrogens with two attached hydrogens (primary N) is 1. The van der Waals surface area contributed by atoms with Gasteiger partial charge in [0.25, 0.3) is 0 Å². The van der Waals surface area contributed by atoms with Crippen LogP contribution in [-0.2, 0) is 19.4 Å². The van der Waals surface area contributed by atoms with Crippen molar-refractivity contribution in [3.63, 3.8) is 0 Å². The standard InChI is InChI=1S/C16H22FN3/c1-4-13-9-14(20(5-2)19-13)10-16(18)12-6-7-15(17)11(3)8-12/h6-9,16H,4-5,10,18H2,1-3H3. The summed E-state index contributed by atoms with van der Waals surface area (Å²) >= 11 is 0. The second kappa shape index (κ2) is 6.18. The third-order valence-electron chi connectivity index (χ3n) is 3.61. The van der Waals surface area contributed by atoms with Crippen molar-refractivity contribution in [3.05, 3.63) is 52.6 Å². The number of rotatable bonds is 5. The fraction of sp³-hybridized carbons (Fsp3) is 0.438. The van der Waals surface area contributed by atoms with Gasteiger partial charge < -0.3 is 5.73 Å². The number of nitrogens with zero attached hydrogens (tertiary/aromatic N) is 2. The van der Waals surface area contributed by atoms with Crippen LogP contribution in [-0.4, -0.2) is 9.78 Å². The minimum atomic E-state index is -0.187. The van der Waals surface area contributed by atoms with E-state index in [0.717, 1.165) is 29.9 Å². The Morgan fingerprint density at radius 1 is 1.30 bits per heavy atom. The first-order valence-corrected chi connectivity index (χ1v) is 7.12. The Balaban J connectivity index is 2.20. The molecule has 2 aromatic rings. The first kappa shape index (κ1) is 14.7. The summed E-state index contributed by atoms with van der Waals surface area (Å²) in [5, 5.41) is 4.53. The maximum Gasteiger partial charge on any atom is 0.126 e. The van der Waals surface area contributed by atoms with Crippen molar-refractivity contribution in [2.45, 2.75) is 46.2 Å². The molecule has 0 amide bonds. The van der Waals surface area contributed by atoms with E-state index >= 15 is 0 Å². The van der Waals surface area contributed by atoms with Crippen LogP contribution in [0.3, 0.4) is 0 Å². The number of hydrogen-bond donors (Lipinski definition) is 1. The fourth-order valence-electron chi connectivity index (χ4n) is 2.37. The Hall–Kier alpha value is -1.68.